The molecule has 0 unspecified atom stereocenters. The topological polar surface area (TPSA) is 57.6 Å². The minimum Gasteiger partial charge on any atom is -0.392 e. The fourth-order valence-electron chi connectivity index (χ4n) is 4.31. The van der Waals surface area contributed by atoms with E-state index in [2.05, 4.69) is 4.90 Å². The van der Waals surface area contributed by atoms with Crippen LogP contribution in [0.15, 0.2) is 83.3 Å². The van der Waals surface area contributed by atoms with Crippen LogP contribution in [0.5, 0.6) is 0 Å². The van der Waals surface area contributed by atoms with Gasteiger partial charge in [-0.05, 0) is 58.9 Å². The highest BCUT2D eigenvalue weighted by Gasteiger charge is 2.36. The number of aliphatic hydroxyl groups excluding tert-OH is 1. The SMILES string of the molecule is O=S(=O)(/C=C1\C=CC=C(CO)C1)CC1CN(C(c2ccc(Cl)cc2)c2ccc(Cl)cc2)C1. The van der Waals surface area contributed by atoms with Gasteiger partial charge in [-0.25, -0.2) is 8.42 Å². The molecule has 0 spiro atoms. The molecule has 4 nitrogen and oxygen atoms in total. The van der Waals surface area contributed by atoms with E-state index in [9.17, 15) is 13.5 Å². The molecule has 2 aromatic rings. The predicted octanol–water partition coefficient (Wildman–Crippen LogP) is 5.19. The van der Waals surface area contributed by atoms with Crippen LogP contribution in [0, 0.1) is 5.92 Å². The van der Waals surface area contributed by atoms with Crippen LogP contribution in [0.1, 0.15) is 23.6 Å². The van der Waals surface area contributed by atoms with Crippen LogP contribution >= 0.6 is 23.2 Å². The third kappa shape index (κ3) is 5.72. The van der Waals surface area contributed by atoms with Crippen LogP contribution in [-0.4, -0.2) is 43.9 Å². The zero-order valence-corrected chi connectivity index (χ0v) is 19.8. The van der Waals surface area contributed by atoms with Crippen molar-refractivity contribution in [1.29, 1.82) is 0 Å². The monoisotopic (exact) mass is 489 g/mol. The first-order valence-corrected chi connectivity index (χ1v) is 13.0. The van der Waals surface area contributed by atoms with Gasteiger partial charge in [-0.2, -0.15) is 0 Å². The first-order chi connectivity index (χ1) is 15.3. The number of nitrogens with zero attached hydrogens (tertiary/aromatic N) is 1. The lowest BCUT2D eigenvalue weighted by molar-refractivity contribution is 0.0813. The highest BCUT2D eigenvalue weighted by atomic mass is 35.5. The van der Waals surface area contributed by atoms with Crippen LogP contribution in [0.4, 0.5) is 0 Å². The summed E-state index contributed by atoms with van der Waals surface area (Å²) in [6, 6.07) is 15.6. The van der Waals surface area contributed by atoms with Gasteiger partial charge < -0.3 is 5.11 Å². The summed E-state index contributed by atoms with van der Waals surface area (Å²) in [7, 11) is -3.35. The number of benzene rings is 2. The maximum absolute atomic E-state index is 12.7. The van der Waals surface area contributed by atoms with Crippen LogP contribution < -0.4 is 0 Å². The first-order valence-electron chi connectivity index (χ1n) is 10.5. The van der Waals surface area contributed by atoms with Crippen molar-refractivity contribution in [2.45, 2.75) is 12.5 Å². The Hall–Kier alpha value is -1.89. The number of aliphatic hydroxyl groups is 1. The molecule has 0 aromatic heterocycles. The molecule has 0 amide bonds. The molecule has 0 atom stereocenters. The quantitative estimate of drug-likeness (QED) is 0.580. The number of hydrogen-bond donors (Lipinski definition) is 1. The minimum absolute atomic E-state index is 0.0142. The summed E-state index contributed by atoms with van der Waals surface area (Å²) < 4.78 is 25.5. The van der Waals surface area contributed by atoms with Gasteiger partial charge in [-0.15, -0.1) is 0 Å². The van der Waals surface area contributed by atoms with Gasteiger partial charge in [0.2, 0.25) is 0 Å². The van der Waals surface area contributed by atoms with Gasteiger partial charge in [0.05, 0.1) is 18.4 Å². The number of likely N-dealkylation sites (tertiary alicyclic amines) is 1. The van der Waals surface area contributed by atoms with E-state index in [1.54, 1.807) is 12.2 Å². The van der Waals surface area contributed by atoms with E-state index < -0.39 is 9.84 Å². The van der Waals surface area contributed by atoms with Gasteiger partial charge in [0.1, 0.15) is 0 Å². The molecule has 2 aliphatic rings. The summed E-state index contributed by atoms with van der Waals surface area (Å²) in [6.07, 6.45) is 5.87. The van der Waals surface area contributed by atoms with Crippen molar-refractivity contribution in [3.05, 3.63) is 104 Å². The number of halogens is 2. The second kappa shape index (κ2) is 9.94. The van der Waals surface area contributed by atoms with Crippen molar-refractivity contribution < 1.29 is 13.5 Å². The summed E-state index contributed by atoms with van der Waals surface area (Å²) in [5.41, 5.74) is 3.75. The summed E-state index contributed by atoms with van der Waals surface area (Å²) in [6.45, 7) is 1.32. The summed E-state index contributed by atoms with van der Waals surface area (Å²) in [4.78, 5) is 2.28. The average Bonchev–Trinajstić information content (AvgIpc) is 2.74. The molecule has 1 heterocycles. The smallest absolute Gasteiger partial charge is 0.172 e. The van der Waals surface area contributed by atoms with E-state index >= 15 is 0 Å². The highest BCUT2D eigenvalue weighted by molar-refractivity contribution is 7.94. The van der Waals surface area contributed by atoms with Crippen LogP contribution in [-0.2, 0) is 9.84 Å². The number of hydrogen-bond acceptors (Lipinski definition) is 4. The number of allylic oxidation sites excluding steroid dienone is 4. The maximum Gasteiger partial charge on any atom is 0.172 e. The number of sulfone groups is 1. The van der Waals surface area contributed by atoms with Crippen molar-refractivity contribution in [3.63, 3.8) is 0 Å². The molecule has 168 valence electrons. The van der Waals surface area contributed by atoms with Gasteiger partial charge in [0.15, 0.2) is 9.84 Å². The van der Waals surface area contributed by atoms with Gasteiger partial charge >= 0.3 is 0 Å². The standard InChI is InChI=1S/C25H25Cl2NO3S/c26-23-8-4-21(5-9-23)25(22-6-10-24(27)11-7-22)28-13-20(14-28)17-32(30,31)16-19-3-1-2-18(12-19)15-29/h1-11,16,20,25,29H,12-15,17H2/b19-16+. The lowest BCUT2D eigenvalue weighted by Crippen LogP contribution is -2.51. The molecule has 4 rings (SSSR count). The lowest BCUT2D eigenvalue weighted by Gasteiger charge is -2.44. The van der Waals surface area contributed by atoms with E-state index in [0.717, 1.165) is 16.7 Å². The summed E-state index contributed by atoms with van der Waals surface area (Å²) >= 11 is 12.2. The van der Waals surface area contributed by atoms with E-state index in [1.165, 1.54) is 5.41 Å². The summed E-state index contributed by atoms with van der Waals surface area (Å²) in [5.74, 6) is 0.187. The van der Waals surface area contributed by atoms with Crippen molar-refractivity contribution >= 4 is 33.0 Å². The molecule has 1 saturated heterocycles. The zero-order chi connectivity index (χ0) is 22.7. The largest absolute Gasteiger partial charge is 0.392 e. The molecule has 32 heavy (non-hydrogen) atoms. The first kappa shape index (κ1) is 23.3. The molecular formula is C25H25Cl2NO3S. The van der Waals surface area contributed by atoms with E-state index in [-0.39, 0.29) is 24.3 Å². The normalized spacial score (nSPS) is 18.8. The van der Waals surface area contributed by atoms with E-state index in [1.807, 2.05) is 54.6 Å². The van der Waals surface area contributed by atoms with Gasteiger partial charge in [0, 0.05) is 28.5 Å². The van der Waals surface area contributed by atoms with Gasteiger partial charge in [-0.3, -0.25) is 4.90 Å². The lowest BCUT2D eigenvalue weighted by atomic mass is 9.91. The Balaban J connectivity index is 1.46. The van der Waals surface area contributed by atoms with Crippen LogP contribution in [0.25, 0.3) is 0 Å². The molecular weight excluding hydrogens is 465 g/mol. The molecule has 2 aromatic carbocycles. The van der Waals surface area contributed by atoms with Crippen molar-refractivity contribution in [3.8, 4) is 0 Å². The Morgan fingerprint density at radius 1 is 1.00 bits per heavy atom. The molecule has 1 aliphatic heterocycles. The van der Waals surface area contributed by atoms with Crippen LogP contribution in [0.2, 0.25) is 10.0 Å². The third-order valence-corrected chi connectivity index (χ3v) is 7.90. The summed E-state index contributed by atoms with van der Waals surface area (Å²) in [5, 5.41) is 12.0. The molecule has 1 N–H and O–H groups in total. The molecule has 0 bridgehead atoms. The second-order valence-electron chi connectivity index (χ2n) is 8.37. The van der Waals surface area contributed by atoms with E-state index in [0.29, 0.717) is 35.1 Å². The maximum atomic E-state index is 12.7. The van der Waals surface area contributed by atoms with Gasteiger partial charge in [-0.1, -0.05) is 65.7 Å². The Morgan fingerprint density at radius 3 is 2.09 bits per heavy atom. The Labute approximate surface area is 199 Å². The fraction of sp³-hybridized carbons (Fsp3) is 0.280. The zero-order valence-electron chi connectivity index (χ0n) is 17.5. The number of rotatable bonds is 7. The van der Waals surface area contributed by atoms with Crippen molar-refractivity contribution in [2.75, 3.05) is 25.4 Å². The van der Waals surface area contributed by atoms with Gasteiger partial charge in [0.25, 0.3) is 0 Å². The minimum atomic E-state index is -3.35. The Bertz CT molecular complexity index is 1100. The second-order valence-corrected chi connectivity index (χ2v) is 11.1. The third-order valence-electron chi connectivity index (χ3n) is 5.80. The highest BCUT2D eigenvalue weighted by Crippen LogP contribution is 2.36. The van der Waals surface area contributed by atoms with Crippen molar-refractivity contribution in [1.82, 2.24) is 4.90 Å². The molecule has 7 heteroatoms. The van der Waals surface area contributed by atoms with Crippen LogP contribution in [0.3, 0.4) is 0 Å². The average molecular weight is 490 g/mol. The Kier molecular flexibility index (Phi) is 7.23. The van der Waals surface area contributed by atoms with Crippen molar-refractivity contribution in [2.24, 2.45) is 5.92 Å². The molecule has 0 radical (unpaired) electrons. The van der Waals surface area contributed by atoms with E-state index in [4.69, 9.17) is 23.2 Å². The molecule has 1 aliphatic carbocycles. The predicted molar refractivity (Wildman–Crippen MR) is 131 cm³/mol. The molecule has 1 fully saturated rings. The fourth-order valence-corrected chi connectivity index (χ4v) is 6.15. The Morgan fingerprint density at radius 2 is 1.56 bits per heavy atom. The molecule has 0 saturated carbocycles.